The summed E-state index contributed by atoms with van der Waals surface area (Å²) >= 11 is 1.27. The van der Waals surface area contributed by atoms with E-state index in [0.29, 0.717) is 17.3 Å². The third-order valence-electron chi connectivity index (χ3n) is 4.12. The highest BCUT2D eigenvalue weighted by Crippen LogP contribution is 2.18. The van der Waals surface area contributed by atoms with Crippen molar-refractivity contribution < 1.29 is 9.59 Å². The molecule has 7 nitrogen and oxygen atoms in total. The highest BCUT2D eigenvalue weighted by atomic mass is 32.2. The standard InChI is InChI=1S/C20H21N5O2S/c1-14-8-6-7-11-17(14)19(27)23-22-18(26)13-28-20-24-21-15(2)25(20)12-16-9-4-3-5-10-16/h3-11H,12-13H2,1-2H3,(H,22,26)(H,23,27). The van der Waals surface area contributed by atoms with E-state index in [9.17, 15) is 9.59 Å². The molecule has 0 saturated carbocycles. The van der Waals surface area contributed by atoms with E-state index in [-0.39, 0.29) is 17.6 Å². The smallest absolute Gasteiger partial charge is 0.269 e. The number of benzene rings is 2. The van der Waals surface area contributed by atoms with E-state index in [1.807, 2.05) is 60.9 Å². The van der Waals surface area contributed by atoms with Gasteiger partial charge in [-0.05, 0) is 31.0 Å². The van der Waals surface area contributed by atoms with Crippen LogP contribution in [0.4, 0.5) is 0 Å². The quantitative estimate of drug-likeness (QED) is 0.494. The second-order valence-electron chi connectivity index (χ2n) is 6.21. The molecular formula is C20H21N5O2S. The molecule has 0 radical (unpaired) electrons. The van der Waals surface area contributed by atoms with Crippen LogP contribution >= 0.6 is 11.8 Å². The molecule has 8 heteroatoms. The molecule has 144 valence electrons. The molecule has 2 N–H and O–H groups in total. The van der Waals surface area contributed by atoms with Crippen molar-refractivity contribution >= 4 is 23.6 Å². The zero-order chi connectivity index (χ0) is 19.9. The topological polar surface area (TPSA) is 88.9 Å². The van der Waals surface area contributed by atoms with Gasteiger partial charge < -0.3 is 4.57 Å². The zero-order valence-corrected chi connectivity index (χ0v) is 16.5. The number of carbonyl (C=O) groups is 2. The summed E-state index contributed by atoms with van der Waals surface area (Å²) in [7, 11) is 0. The minimum Gasteiger partial charge on any atom is -0.302 e. The van der Waals surface area contributed by atoms with Crippen molar-refractivity contribution in [3.63, 3.8) is 0 Å². The van der Waals surface area contributed by atoms with E-state index in [4.69, 9.17) is 0 Å². The summed E-state index contributed by atoms with van der Waals surface area (Å²) in [5.41, 5.74) is 7.37. The Balaban J connectivity index is 1.54. The second-order valence-corrected chi connectivity index (χ2v) is 7.15. The Labute approximate surface area is 167 Å². The van der Waals surface area contributed by atoms with Crippen molar-refractivity contribution in [2.75, 3.05) is 5.75 Å². The molecule has 3 rings (SSSR count). The number of rotatable bonds is 6. The number of hydrogen-bond donors (Lipinski definition) is 2. The molecule has 28 heavy (non-hydrogen) atoms. The third-order valence-corrected chi connectivity index (χ3v) is 5.09. The summed E-state index contributed by atoms with van der Waals surface area (Å²) in [5.74, 6) is 0.221. The number of nitrogens with zero attached hydrogens (tertiary/aromatic N) is 3. The fourth-order valence-electron chi connectivity index (χ4n) is 2.60. The van der Waals surface area contributed by atoms with Crippen LogP contribution in [0.15, 0.2) is 59.8 Å². The molecule has 0 saturated heterocycles. The third kappa shape index (κ3) is 4.98. The van der Waals surface area contributed by atoms with Crippen LogP contribution in [0.25, 0.3) is 0 Å². The molecular weight excluding hydrogens is 374 g/mol. The average molecular weight is 395 g/mol. The molecule has 0 spiro atoms. The molecule has 0 aliphatic carbocycles. The van der Waals surface area contributed by atoms with Crippen molar-refractivity contribution in [2.45, 2.75) is 25.5 Å². The van der Waals surface area contributed by atoms with E-state index < -0.39 is 0 Å². The van der Waals surface area contributed by atoms with Crippen molar-refractivity contribution in [1.29, 1.82) is 0 Å². The predicted octanol–water partition coefficient (Wildman–Crippen LogP) is 2.50. The molecule has 2 aromatic carbocycles. The molecule has 0 unspecified atom stereocenters. The van der Waals surface area contributed by atoms with Gasteiger partial charge in [0.15, 0.2) is 5.16 Å². The molecule has 0 aliphatic heterocycles. The Kier molecular flexibility index (Phi) is 6.44. The van der Waals surface area contributed by atoms with Crippen LogP contribution in [0.1, 0.15) is 27.3 Å². The van der Waals surface area contributed by atoms with Crippen LogP contribution < -0.4 is 10.9 Å². The lowest BCUT2D eigenvalue weighted by atomic mass is 10.1. The van der Waals surface area contributed by atoms with Crippen LogP contribution in [0.3, 0.4) is 0 Å². The summed E-state index contributed by atoms with van der Waals surface area (Å²) in [6.07, 6.45) is 0. The molecule has 0 aliphatic rings. The van der Waals surface area contributed by atoms with Crippen LogP contribution in [0.2, 0.25) is 0 Å². The van der Waals surface area contributed by atoms with Gasteiger partial charge in [0.25, 0.3) is 5.91 Å². The maximum absolute atomic E-state index is 12.1. The van der Waals surface area contributed by atoms with Crippen LogP contribution in [0.5, 0.6) is 0 Å². The number of thioether (sulfide) groups is 1. The van der Waals surface area contributed by atoms with Crippen molar-refractivity contribution in [3.05, 3.63) is 77.1 Å². The van der Waals surface area contributed by atoms with E-state index in [0.717, 1.165) is 17.0 Å². The van der Waals surface area contributed by atoms with Crippen molar-refractivity contribution in [1.82, 2.24) is 25.6 Å². The Hall–Kier alpha value is -3.13. The first-order valence-corrected chi connectivity index (χ1v) is 9.74. The highest BCUT2D eigenvalue weighted by Gasteiger charge is 2.13. The van der Waals surface area contributed by atoms with E-state index in [2.05, 4.69) is 21.0 Å². The molecule has 0 bridgehead atoms. The van der Waals surface area contributed by atoms with Gasteiger partial charge >= 0.3 is 0 Å². The van der Waals surface area contributed by atoms with E-state index in [1.165, 1.54) is 11.8 Å². The molecule has 2 amide bonds. The molecule has 0 fully saturated rings. The maximum Gasteiger partial charge on any atom is 0.269 e. The summed E-state index contributed by atoms with van der Waals surface area (Å²) in [6.45, 7) is 4.35. The molecule has 0 atom stereocenters. The largest absolute Gasteiger partial charge is 0.302 e. The first-order valence-electron chi connectivity index (χ1n) is 8.76. The number of hydrogen-bond acceptors (Lipinski definition) is 5. The molecule has 1 aromatic heterocycles. The van der Waals surface area contributed by atoms with Gasteiger partial charge in [-0.1, -0.05) is 60.3 Å². The SMILES string of the molecule is Cc1ccccc1C(=O)NNC(=O)CSc1nnc(C)n1Cc1ccccc1. The lowest BCUT2D eigenvalue weighted by molar-refractivity contribution is -0.119. The van der Waals surface area contributed by atoms with Gasteiger partial charge in [-0.3, -0.25) is 20.4 Å². The monoisotopic (exact) mass is 395 g/mol. The van der Waals surface area contributed by atoms with Crippen LogP contribution in [-0.4, -0.2) is 32.3 Å². The zero-order valence-electron chi connectivity index (χ0n) is 15.7. The Morgan fingerprint density at radius 3 is 2.43 bits per heavy atom. The number of aryl methyl sites for hydroxylation is 2. The van der Waals surface area contributed by atoms with E-state index in [1.54, 1.807) is 12.1 Å². The Morgan fingerprint density at radius 2 is 1.68 bits per heavy atom. The van der Waals surface area contributed by atoms with Gasteiger partial charge in [0, 0.05) is 5.56 Å². The van der Waals surface area contributed by atoms with Gasteiger partial charge in [0.1, 0.15) is 5.82 Å². The molecule has 3 aromatic rings. The number of hydrazine groups is 1. The highest BCUT2D eigenvalue weighted by molar-refractivity contribution is 7.99. The summed E-state index contributed by atoms with van der Waals surface area (Å²) < 4.78 is 1.96. The van der Waals surface area contributed by atoms with Crippen LogP contribution in [0, 0.1) is 13.8 Å². The van der Waals surface area contributed by atoms with Crippen molar-refractivity contribution in [3.8, 4) is 0 Å². The summed E-state index contributed by atoms with van der Waals surface area (Å²) in [5, 5.41) is 8.91. The molecule has 1 heterocycles. The normalized spacial score (nSPS) is 10.5. The summed E-state index contributed by atoms with van der Waals surface area (Å²) in [6, 6.07) is 17.2. The van der Waals surface area contributed by atoms with Gasteiger partial charge in [-0.2, -0.15) is 0 Å². The number of amides is 2. The number of nitrogens with one attached hydrogen (secondary N) is 2. The van der Waals surface area contributed by atoms with Gasteiger partial charge in [-0.15, -0.1) is 10.2 Å². The fourth-order valence-corrected chi connectivity index (χ4v) is 3.39. The van der Waals surface area contributed by atoms with Crippen molar-refractivity contribution in [2.24, 2.45) is 0 Å². The summed E-state index contributed by atoms with van der Waals surface area (Å²) in [4.78, 5) is 24.3. The average Bonchev–Trinajstić information content (AvgIpc) is 3.05. The second kappa shape index (κ2) is 9.18. The first-order chi connectivity index (χ1) is 13.5. The predicted molar refractivity (Wildman–Crippen MR) is 108 cm³/mol. The lowest BCUT2D eigenvalue weighted by Gasteiger charge is -2.10. The minimum atomic E-state index is -0.348. The number of carbonyl (C=O) groups excluding carboxylic acids is 2. The fraction of sp³-hybridized carbons (Fsp3) is 0.200. The van der Waals surface area contributed by atoms with Gasteiger partial charge in [0.2, 0.25) is 5.91 Å². The van der Waals surface area contributed by atoms with Gasteiger partial charge in [-0.25, -0.2) is 0 Å². The number of aromatic nitrogens is 3. The maximum atomic E-state index is 12.1. The van der Waals surface area contributed by atoms with Crippen LogP contribution in [-0.2, 0) is 11.3 Å². The lowest BCUT2D eigenvalue weighted by Crippen LogP contribution is -2.42. The first kappa shape index (κ1) is 19.6. The Morgan fingerprint density at radius 1 is 0.964 bits per heavy atom. The van der Waals surface area contributed by atoms with E-state index >= 15 is 0 Å². The van der Waals surface area contributed by atoms with Gasteiger partial charge in [0.05, 0.1) is 12.3 Å². The Bertz CT molecular complexity index is 972. The minimum absolute atomic E-state index is 0.112.